The molecule has 132 valence electrons. The van der Waals surface area contributed by atoms with Crippen LogP contribution < -0.4 is 4.90 Å². The van der Waals surface area contributed by atoms with Crippen molar-refractivity contribution in [1.82, 2.24) is 4.90 Å². The lowest BCUT2D eigenvalue weighted by Gasteiger charge is -2.34. The molecule has 1 N–H and O–H groups in total. The quantitative estimate of drug-likeness (QED) is 0.507. The number of amides is 1. The summed E-state index contributed by atoms with van der Waals surface area (Å²) >= 11 is 0. The third-order valence-electron chi connectivity index (χ3n) is 6.05. The average Bonchev–Trinajstić information content (AvgIpc) is 3.25. The number of piperazine rings is 1. The number of nitrogens with zero attached hydrogens (tertiary/aromatic N) is 2. The molecule has 4 rings (SSSR count). The van der Waals surface area contributed by atoms with Crippen molar-refractivity contribution in [2.24, 2.45) is 17.8 Å². The molecule has 2 aliphatic carbocycles. The van der Waals surface area contributed by atoms with Gasteiger partial charge in [-0.3, -0.25) is 14.9 Å². The number of nitro groups is 1. The Kier molecular flexibility index (Phi) is 4.29. The molecule has 0 spiro atoms. The van der Waals surface area contributed by atoms with Crippen LogP contribution in [0.2, 0.25) is 0 Å². The lowest BCUT2D eigenvalue weighted by Crippen LogP contribution is -3.15. The molecular formula is C19H24N3O3+. The smallest absolute Gasteiger partial charge is 0.269 e. The van der Waals surface area contributed by atoms with Gasteiger partial charge in [0, 0.05) is 23.6 Å². The largest absolute Gasteiger partial charge is 0.332 e. The van der Waals surface area contributed by atoms with Crippen LogP contribution in [0.1, 0.15) is 23.2 Å². The summed E-state index contributed by atoms with van der Waals surface area (Å²) in [6.45, 7) is 4.75. The van der Waals surface area contributed by atoms with E-state index in [1.54, 1.807) is 17.0 Å². The summed E-state index contributed by atoms with van der Waals surface area (Å²) in [5, 5.41) is 10.7. The summed E-state index contributed by atoms with van der Waals surface area (Å²) in [6.07, 6.45) is 7.49. The molecule has 6 heteroatoms. The molecule has 1 heterocycles. The Bertz CT molecular complexity index is 692. The summed E-state index contributed by atoms with van der Waals surface area (Å²) in [7, 11) is 0. The fourth-order valence-electron chi connectivity index (χ4n) is 4.64. The van der Waals surface area contributed by atoms with Crippen LogP contribution in [0.15, 0.2) is 36.4 Å². The average molecular weight is 342 g/mol. The van der Waals surface area contributed by atoms with Gasteiger partial charge in [0.2, 0.25) is 0 Å². The van der Waals surface area contributed by atoms with Crippen LogP contribution in [0, 0.1) is 27.9 Å². The van der Waals surface area contributed by atoms with Crippen LogP contribution >= 0.6 is 0 Å². The molecule has 0 unspecified atom stereocenters. The zero-order valence-electron chi connectivity index (χ0n) is 14.3. The van der Waals surface area contributed by atoms with E-state index in [2.05, 4.69) is 12.2 Å². The second-order valence-electron chi connectivity index (χ2n) is 7.59. The maximum Gasteiger partial charge on any atom is 0.269 e. The number of quaternary nitrogens is 1. The zero-order valence-corrected chi connectivity index (χ0v) is 14.3. The number of rotatable bonds is 4. The number of hydrogen-bond acceptors (Lipinski definition) is 3. The predicted octanol–water partition coefficient (Wildman–Crippen LogP) is 1.15. The Hall–Kier alpha value is -2.21. The van der Waals surface area contributed by atoms with E-state index in [0.717, 1.165) is 43.9 Å². The summed E-state index contributed by atoms with van der Waals surface area (Å²) in [4.78, 5) is 26.3. The van der Waals surface area contributed by atoms with Gasteiger partial charge in [0.1, 0.15) is 0 Å². The van der Waals surface area contributed by atoms with Gasteiger partial charge in [-0.2, -0.15) is 0 Å². The van der Waals surface area contributed by atoms with Crippen LogP contribution in [0.4, 0.5) is 5.69 Å². The van der Waals surface area contributed by atoms with Crippen LogP contribution in [0.25, 0.3) is 0 Å². The van der Waals surface area contributed by atoms with Crippen molar-refractivity contribution in [2.45, 2.75) is 12.8 Å². The molecule has 0 aromatic heterocycles. The van der Waals surface area contributed by atoms with Gasteiger partial charge in [0.25, 0.3) is 11.6 Å². The number of fused-ring (bicyclic) bond motifs is 2. The fraction of sp³-hybridized carbons (Fsp3) is 0.526. The Labute approximate surface area is 147 Å². The Balaban J connectivity index is 1.30. The Morgan fingerprint density at radius 2 is 1.88 bits per heavy atom. The van der Waals surface area contributed by atoms with E-state index in [-0.39, 0.29) is 11.6 Å². The predicted molar refractivity (Wildman–Crippen MR) is 93.4 cm³/mol. The van der Waals surface area contributed by atoms with Crippen LogP contribution in [0.3, 0.4) is 0 Å². The fourth-order valence-corrected chi connectivity index (χ4v) is 4.64. The number of hydrogen-bond donors (Lipinski definition) is 1. The van der Waals surface area contributed by atoms with Gasteiger partial charge in [-0.25, -0.2) is 0 Å². The van der Waals surface area contributed by atoms with Gasteiger partial charge in [-0.15, -0.1) is 0 Å². The van der Waals surface area contributed by atoms with E-state index < -0.39 is 4.92 Å². The van der Waals surface area contributed by atoms with E-state index >= 15 is 0 Å². The van der Waals surface area contributed by atoms with E-state index in [1.165, 1.54) is 31.5 Å². The molecule has 0 radical (unpaired) electrons. The third-order valence-corrected chi connectivity index (χ3v) is 6.05. The normalized spacial score (nSPS) is 28.5. The first-order chi connectivity index (χ1) is 12.1. The molecular weight excluding hydrogens is 318 g/mol. The summed E-state index contributed by atoms with van der Waals surface area (Å²) in [5.74, 6) is 2.41. The zero-order chi connectivity index (χ0) is 17.4. The molecule has 2 bridgehead atoms. The summed E-state index contributed by atoms with van der Waals surface area (Å²) in [6, 6.07) is 5.91. The van der Waals surface area contributed by atoms with Crippen molar-refractivity contribution < 1.29 is 14.6 Å². The van der Waals surface area contributed by atoms with Crippen LogP contribution in [-0.2, 0) is 0 Å². The number of non-ortho nitro benzene ring substituents is 1. The van der Waals surface area contributed by atoms with Crippen molar-refractivity contribution in [3.05, 3.63) is 52.1 Å². The second kappa shape index (κ2) is 6.59. The molecule has 3 atom stereocenters. The van der Waals surface area contributed by atoms with E-state index in [9.17, 15) is 14.9 Å². The van der Waals surface area contributed by atoms with Crippen molar-refractivity contribution in [3.63, 3.8) is 0 Å². The highest BCUT2D eigenvalue weighted by atomic mass is 16.6. The molecule has 25 heavy (non-hydrogen) atoms. The number of carbonyl (C=O) groups is 1. The maximum absolute atomic E-state index is 12.6. The second-order valence-corrected chi connectivity index (χ2v) is 7.59. The number of allylic oxidation sites excluding steroid dienone is 2. The van der Waals surface area contributed by atoms with Gasteiger partial charge in [0.05, 0.1) is 37.6 Å². The first-order valence-electron chi connectivity index (χ1n) is 9.16. The van der Waals surface area contributed by atoms with E-state index in [1.807, 2.05) is 4.90 Å². The Morgan fingerprint density at radius 1 is 1.16 bits per heavy atom. The number of benzene rings is 1. The van der Waals surface area contributed by atoms with Gasteiger partial charge >= 0.3 is 0 Å². The SMILES string of the molecule is O=C(c1ccc([N+](=O)[O-])cc1)N1CC[NH+](C[C@H]2C[C@H]3C=C[C@H]2C3)CC1. The van der Waals surface area contributed by atoms with Crippen molar-refractivity contribution in [2.75, 3.05) is 32.7 Å². The van der Waals surface area contributed by atoms with Crippen molar-refractivity contribution >= 4 is 11.6 Å². The van der Waals surface area contributed by atoms with Crippen LogP contribution in [0.5, 0.6) is 0 Å². The molecule has 1 saturated carbocycles. The molecule has 1 aliphatic heterocycles. The minimum Gasteiger partial charge on any atom is -0.332 e. The topological polar surface area (TPSA) is 67.9 Å². The monoisotopic (exact) mass is 342 g/mol. The summed E-state index contributed by atoms with van der Waals surface area (Å²) in [5.41, 5.74) is 0.554. The molecule has 1 amide bonds. The first kappa shape index (κ1) is 16.3. The van der Waals surface area contributed by atoms with Crippen LogP contribution in [-0.4, -0.2) is 48.5 Å². The molecule has 1 aromatic carbocycles. The minimum atomic E-state index is -0.443. The minimum absolute atomic E-state index is 0.0168. The lowest BCUT2D eigenvalue weighted by atomic mass is 9.93. The first-order valence-corrected chi connectivity index (χ1v) is 9.16. The standard InChI is InChI=1S/C19H23N3O3/c23-19(15-3-5-18(6-4-15)22(24)25)21-9-7-20(8-10-21)13-17-12-14-1-2-16(17)11-14/h1-6,14,16-17H,7-13H2/p+1/t14-,16-,17+/m0/s1. The molecule has 6 nitrogen and oxygen atoms in total. The highest BCUT2D eigenvalue weighted by Crippen LogP contribution is 2.42. The molecule has 1 saturated heterocycles. The Morgan fingerprint density at radius 3 is 2.44 bits per heavy atom. The molecule has 3 aliphatic rings. The van der Waals surface area contributed by atoms with Gasteiger partial charge in [-0.1, -0.05) is 12.2 Å². The van der Waals surface area contributed by atoms with Crippen molar-refractivity contribution in [1.29, 1.82) is 0 Å². The number of nitro benzene ring substituents is 1. The summed E-state index contributed by atoms with van der Waals surface area (Å²) < 4.78 is 0. The lowest BCUT2D eigenvalue weighted by molar-refractivity contribution is -0.907. The van der Waals surface area contributed by atoms with Gasteiger partial charge in [-0.05, 0) is 36.8 Å². The maximum atomic E-state index is 12.6. The van der Waals surface area contributed by atoms with E-state index in [0.29, 0.717) is 5.56 Å². The van der Waals surface area contributed by atoms with Gasteiger partial charge < -0.3 is 9.80 Å². The van der Waals surface area contributed by atoms with Gasteiger partial charge in [0.15, 0.2) is 0 Å². The molecule has 1 aromatic rings. The van der Waals surface area contributed by atoms with E-state index in [4.69, 9.17) is 0 Å². The molecule has 2 fully saturated rings. The number of carbonyl (C=O) groups excluding carboxylic acids is 1. The highest BCUT2D eigenvalue weighted by Gasteiger charge is 2.38. The van der Waals surface area contributed by atoms with Crippen molar-refractivity contribution in [3.8, 4) is 0 Å². The highest BCUT2D eigenvalue weighted by molar-refractivity contribution is 5.94. The number of nitrogens with one attached hydrogen (secondary N) is 1. The third kappa shape index (κ3) is 3.31.